The first-order chi connectivity index (χ1) is 13.5. The highest BCUT2D eigenvalue weighted by Gasteiger charge is 2.61. The van der Waals surface area contributed by atoms with Gasteiger partial charge in [-0.3, -0.25) is 14.4 Å². The van der Waals surface area contributed by atoms with Crippen molar-refractivity contribution >= 4 is 17.7 Å². The van der Waals surface area contributed by atoms with Gasteiger partial charge in [0.1, 0.15) is 12.1 Å². The SMILES string of the molecule is CNC(=O)[C@H]1C[C@]2(C1)C(=O)N(C(C)C)CC(=O)N2Cc1ccc(C(F)(F)F)cc1. The molecule has 0 bridgehead atoms. The minimum absolute atomic E-state index is 0.0229. The van der Waals surface area contributed by atoms with E-state index in [0.29, 0.717) is 5.56 Å². The zero-order valence-corrected chi connectivity index (χ0v) is 16.5. The van der Waals surface area contributed by atoms with Crippen molar-refractivity contribution in [1.29, 1.82) is 0 Å². The van der Waals surface area contributed by atoms with Crippen molar-refractivity contribution in [1.82, 2.24) is 15.1 Å². The third-order valence-electron chi connectivity index (χ3n) is 5.81. The van der Waals surface area contributed by atoms with E-state index in [1.165, 1.54) is 29.0 Å². The monoisotopic (exact) mass is 411 g/mol. The normalized spacial score (nSPS) is 24.9. The Balaban J connectivity index is 1.88. The molecule has 2 fully saturated rings. The fourth-order valence-corrected chi connectivity index (χ4v) is 4.10. The molecule has 0 aromatic heterocycles. The number of hydrogen-bond donors (Lipinski definition) is 1. The minimum atomic E-state index is -4.44. The van der Waals surface area contributed by atoms with Crippen LogP contribution in [0.3, 0.4) is 0 Å². The largest absolute Gasteiger partial charge is 0.416 e. The number of alkyl halides is 3. The smallest absolute Gasteiger partial charge is 0.359 e. The van der Waals surface area contributed by atoms with E-state index in [9.17, 15) is 27.6 Å². The lowest BCUT2D eigenvalue weighted by atomic mass is 9.64. The molecule has 0 unspecified atom stereocenters. The Morgan fingerprint density at radius 2 is 1.79 bits per heavy atom. The number of rotatable bonds is 4. The molecular weight excluding hydrogens is 387 g/mol. The van der Waals surface area contributed by atoms with Gasteiger partial charge in [-0.2, -0.15) is 13.2 Å². The van der Waals surface area contributed by atoms with Crippen molar-refractivity contribution in [3.8, 4) is 0 Å². The van der Waals surface area contributed by atoms with Crippen LogP contribution < -0.4 is 5.32 Å². The molecule has 1 spiro atoms. The summed E-state index contributed by atoms with van der Waals surface area (Å²) in [5.41, 5.74) is -1.40. The van der Waals surface area contributed by atoms with E-state index in [-0.39, 0.29) is 55.6 Å². The Morgan fingerprint density at radius 1 is 1.21 bits per heavy atom. The molecule has 9 heteroatoms. The molecule has 1 N–H and O–H groups in total. The zero-order valence-electron chi connectivity index (χ0n) is 16.5. The van der Waals surface area contributed by atoms with Crippen molar-refractivity contribution in [2.24, 2.45) is 5.92 Å². The Kier molecular flexibility index (Phi) is 5.36. The standard InChI is InChI=1S/C20H24F3N3O3/c1-12(2)25-11-16(27)26(10-13-4-6-15(7-5-13)20(21,22)23)19(18(25)29)8-14(9-19)17(28)24-3/h4-7,12,14H,8-11H2,1-3H3,(H,24,28)/t14-,19-. The molecule has 1 aromatic rings. The Labute approximate surface area is 167 Å². The lowest BCUT2D eigenvalue weighted by molar-refractivity contribution is -0.180. The zero-order chi connectivity index (χ0) is 21.6. The summed E-state index contributed by atoms with van der Waals surface area (Å²) >= 11 is 0. The van der Waals surface area contributed by atoms with E-state index in [1.807, 2.05) is 13.8 Å². The van der Waals surface area contributed by atoms with Crippen LogP contribution in [-0.2, 0) is 27.1 Å². The molecule has 1 saturated carbocycles. The second-order valence-corrected chi connectivity index (χ2v) is 7.95. The first kappa shape index (κ1) is 21.1. The molecule has 0 atom stereocenters. The van der Waals surface area contributed by atoms with E-state index in [2.05, 4.69) is 5.32 Å². The van der Waals surface area contributed by atoms with Crippen LogP contribution in [0.1, 0.15) is 37.8 Å². The number of nitrogens with one attached hydrogen (secondary N) is 1. The fourth-order valence-electron chi connectivity index (χ4n) is 4.10. The average Bonchev–Trinajstić information content (AvgIpc) is 2.62. The molecule has 2 aliphatic rings. The van der Waals surface area contributed by atoms with Crippen LogP contribution in [0.25, 0.3) is 0 Å². The van der Waals surface area contributed by atoms with E-state index in [0.717, 1.165) is 12.1 Å². The van der Waals surface area contributed by atoms with Gasteiger partial charge in [-0.15, -0.1) is 0 Å². The molecule has 29 heavy (non-hydrogen) atoms. The lowest BCUT2D eigenvalue weighted by Gasteiger charge is -2.57. The minimum Gasteiger partial charge on any atom is -0.359 e. The number of benzene rings is 1. The first-order valence-electron chi connectivity index (χ1n) is 9.49. The maximum Gasteiger partial charge on any atom is 0.416 e. The highest BCUT2D eigenvalue weighted by atomic mass is 19.4. The van der Waals surface area contributed by atoms with Crippen LogP contribution in [0, 0.1) is 5.92 Å². The molecule has 0 radical (unpaired) electrons. The average molecular weight is 411 g/mol. The van der Waals surface area contributed by atoms with E-state index >= 15 is 0 Å². The summed E-state index contributed by atoms with van der Waals surface area (Å²) in [6.07, 6.45) is -4.02. The van der Waals surface area contributed by atoms with Crippen molar-refractivity contribution in [2.75, 3.05) is 13.6 Å². The van der Waals surface area contributed by atoms with Gasteiger partial charge in [0.15, 0.2) is 0 Å². The van der Waals surface area contributed by atoms with Crippen LogP contribution >= 0.6 is 0 Å². The second kappa shape index (κ2) is 7.35. The Morgan fingerprint density at radius 3 is 2.28 bits per heavy atom. The fraction of sp³-hybridized carbons (Fsp3) is 0.550. The number of piperazine rings is 1. The maximum absolute atomic E-state index is 13.2. The number of halogens is 3. The van der Waals surface area contributed by atoms with Crippen molar-refractivity contribution in [2.45, 2.75) is 51.0 Å². The molecule has 1 aliphatic heterocycles. The van der Waals surface area contributed by atoms with Crippen LogP contribution in [0.2, 0.25) is 0 Å². The molecule has 3 amide bonds. The molecule has 1 aliphatic carbocycles. The lowest BCUT2D eigenvalue weighted by Crippen LogP contribution is -2.74. The summed E-state index contributed by atoms with van der Waals surface area (Å²) in [6, 6.07) is 4.39. The molecule has 3 rings (SSSR count). The van der Waals surface area contributed by atoms with Crippen LogP contribution in [0.4, 0.5) is 13.2 Å². The predicted molar refractivity (Wildman–Crippen MR) is 98.4 cm³/mol. The first-order valence-corrected chi connectivity index (χ1v) is 9.49. The summed E-state index contributed by atoms with van der Waals surface area (Å²) in [5.74, 6) is -1.04. The van der Waals surface area contributed by atoms with Crippen LogP contribution in [0.15, 0.2) is 24.3 Å². The molecule has 1 aromatic carbocycles. The van der Waals surface area contributed by atoms with Gasteiger partial charge >= 0.3 is 6.18 Å². The second-order valence-electron chi connectivity index (χ2n) is 7.95. The quantitative estimate of drug-likeness (QED) is 0.826. The highest BCUT2D eigenvalue weighted by Crippen LogP contribution is 2.47. The summed E-state index contributed by atoms with van der Waals surface area (Å²) in [7, 11) is 1.52. The van der Waals surface area contributed by atoms with Gasteiger partial charge in [0, 0.05) is 25.6 Å². The molecule has 6 nitrogen and oxygen atoms in total. The third kappa shape index (κ3) is 3.70. The molecule has 1 saturated heterocycles. The maximum atomic E-state index is 13.2. The topological polar surface area (TPSA) is 69.7 Å². The van der Waals surface area contributed by atoms with Gasteiger partial charge in [-0.25, -0.2) is 0 Å². The molecule has 158 valence electrons. The van der Waals surface area contributed by atoms with Gasteiger partial charge in [0.25, 0.3) is 0 Å². The van der Waals surface area contributed by atoms with Crippen molar-refractivity contribution < 1.29 is 27.6 Å². The van der Waals surface area contributed by atoms with E-state index in [4.69, 9.17) is 0 Å². The summed E-state index contributed by atoms with van der Waals surface area (Å²) in [6.45, 7) is 3.58. The summed E-state index contributed by atoms with van der Waals surface area (Å²) in [5, 5.41) is 2.56. The number of nitrogens with zero attached hydrogens (tertiary/aromatic N) is 2. The summed E-state index contributed by atoms with van der Waals surface area (Å²) in [4.78, 5) is 41.0. The van der Waals surface area contributed by atoms with E-state index < -0.39 is 17.3 Å². The van der Waals surface area contributed by atoms with Gasteiger partial charge < -0.3 is 15.1 Å². The van der Waals surface area contributed by atoms with Crippen molar-refractivity contribution in [3.05, 3.63) is 35.4 Å². The molecular formula is C20H24F3N3O3. The number of carbonyl (C=O) groups excluding carboxylic acids is 3. The van der Waals surface area contributed by atoms with Gasteiger partial charge in [-0.1, -0.05) is 12.1 Å². The number of carbonyl (C=O) groups is 3. The predicted octanol–water partition coefficient (Wildman–Crippen LogP) is 2.18. The van der Waals surface area contributed by atoms with Crippen LogP contribution in [0.5, 0.6) is 0 Å². The highest BCUT2D eigenvalue weighted by molar-refractivity contribution is 6.00. The number of amides is 3. The number of hydrogen-bond acceptors (Lipinski definition) is 3. The Hall–Kier alpha value is -2.58. The van der Waals surface area contributed by atoms with Gasteiger partial charge in [0.05, 0.1) is 5.56 Å². The van der Waals surface area contributed by atoms with Crippen LogP contribution in [-0.4, -0.2) is 52.7 Å². The summed E-state index contributed by atoms with van der Waals surface area (Å²) < 4.78 is 38.4. The third-order valence-corrected chi connectivity index (χ3v) is 5.81. The van der Waals surface area contributed by atoms with Gasteiger partial charge in [-0.05, 0) is 44.4 Å². The van der Waals surface area contributed by atoms with E-state index in [1.54, 1.807) is 0 Å². The molecule has 1 heterocycles. The Bertz CT molecular complexity index is 815. The van der Waals surface area contributed by atoms with Crippen molar-refractivity contribution in [3.63, 3.8) is 0 Å². The van der Waals surface area contributed by atoms with Gasteiger partial charge in [0.2, 0.25) is 17.7 Å².